The number of aromatic carboxylic acids is 1. The molecule has 0 spiro atoms. The fourth-order valence-electron chi connectivity index (χ4n) is 1.27. The van der Waals surface area contributed by atoms with Crippen molar-refractivity contribution in [2.75, 3.05) is 6.26 Å². The Bertz CT molecular complexity index is 675. The van der Waals surface area contributed by atoms with Gasteiger partial charge < -0.3 is 5.11 Å². The van der Waals surface area contributed by atoms with E-state index in [1.54, 1.807) is 6.07 Å². The smallest absolute Gasteiger partial charge is 0.337 e. The summed E-state index contributed by atoms with van der Waals surface area (Å²) in [7, 11) is -3.68. The Morgan fingerprint density at radius 3 is 2.35 bits per heavy atom. The number of carbonyl (C=O) groups is 1. The van der Waals surface area contributed by atoms with Crippen LogP contribution in [0.25, 0.3) is 0 Å². The van der Waals surface area contributed by atoms with Crippen LogP contribution in [0.3, 0.4) is 0 Å². The zero-order valence-electron chi connectivity index (χ0n) is 8.76. The number of terminal acetylenes is 1. The van der Waals surface area contributed by atoms with Crippen LogP contribution in [0.5, 0.6) is 0 Å². The van der Waals surface area contributed by atoms with Crippen LogP contribution < -0.4 is 0 Å². The van der Waals surface area contributed by atoms with Crippen molar-refractivity contribution in [3.63, 3.8) is 0 Å². The maximum Gasteiger partial charge on any atom is 0.337 e. The second kappa shape index (κ2) is 4.28. The maximum absolute atomic E-state index is 11.4. The van der Waals surface area contributed by atoms with Gasteiger partial charge >= 0.3 is 5.97 Å². The van der Waals surface area contributed by atoms with E-state index in [1.165, 1.54) is 0 Å². The van der Waals surface area contributed by atoms with Gasteiger partial charge in [0.1, 0.15) is 6.07 Å². The van der Waals surface area contributed by atoms with Gasteiger partial charge in [0.25, 0.3) is 0 Å². The summed E-state index contributed by atoms with van der Waals surface area (Å²) < 4.78 is 22.8. The first-order valence-corrected chi connectivity index (χ1v) is 6.18. The second-order valence-corrected chi connectivity index (χ2v) is 5.21. The molecule has 0 atom stereocenters. The van der Waals surface area contributed by atoms with Crippen molar-refractivity contribution in [1.82, 2.24) is 0 Å². The topological polar surface area (TPSA) is 95.2 Å². The predicted octanol–water partition coefficient (Wildman–Crippen LogP) is 0.641. The Morgan fingerprint density at radius 2 is 2.00 bits per heavy atom. The molecule has 1 aromatic carbocycles. The van der Waals surface area contributed by atoms with Gasteiger partial charge in [0, 0.05) is 11.8 Å². The van der Waals surface area contributed by atoms with E-state index < -0.39 is 15.8 Å². The summed E-state index contributed by atoms with van der Waals surface area (Å²) in [5.41, 5.74) is -0.501. The Hall–Kier alpha value is -2.31. The lowest BCUT2D eigenvalue weighted by molar-refractivity contribution is 0.0696. The van der Waals surface area contributed by atoms with E-state index in [9.17, 15) is 13.2 Å². The molecule has 0 saturated carbocycles. The third kappa shape index (κ3) is 2.44. The lowest BCUT2D eigenvalue weighted by Gasteiger charge is -2.05. The van der Waals surface area contributed by atoms with Gasteiger partial charge in [-0.25, -0.2) is 13.2 Å². The average Bonchev–Trinajstić information content (AvgIpc) is 2.25. The molecular weight excluding hydrogens is 242 g/mol. The van der Waals surface area contributed by atoms with Crippen LogP contribution in [0.4, 0.5) is 0 Å². The maximum atomic E-state index is 11.4. The van der Waals surface area contributed by atoms with Crippen molar-refractivity contribution < 1.29 is 18.3 Å². The van der Waals surface area contributed by atoms with Crippen molar-refractivity contribution >= 4 is 15.8 Å². The van der Waals surface area contributed by atoms with E-state index in [2.05, 4.69) is 5.92 Å². The molecule has 0 amide bonds. The molecule has 1 aromatic rings. The van der Waals surface area contributed by atoms with E-state index in [0.29, 0.717) is 0 Å². The molecule has 0 fully saturated rings. The fraction of sp³-hybridized carbons (Fsp3) is 0.0909. The summed E-state index contributed by atoms with van der Waals surface area (Å²) >= 11 is 0. The number of nitrogens with zero attached hydrogens (tertiary/aromatic N) is 1. The Morgan fingerprint density at radius 1 is 1.41 bits per heavy atom. The predicted molar refractivity (Wildman–Crippen MR) is 59.2 cm³/mol. The summed E-state index contributed by atoms with van der Waals surface area (Å²) in [6, 6.07) is 3.67. The number of benzene rings is 1. The molecule has 0 aliphatic carbocycles. The molecule has 6 heteroatoms. The van der Waals surface area contributed by atoms with Crippen LogP contribution in [0, 0.1) is 23.7 Å². The minimum Gasteiger partial charge on any atom is -0.478 e. The largest absolute Gasteiger partial charge is 0.478 e. The SMILES string of the molecule is C#Cc1cc(C#N)c(S(C)(=O)=O)cc1C(=O)O. The molecule has 86 valence electrons. The Kier molecular flexibility index (Phi) is 3.21. The summed E-state index contributed by atoms with van der Waals surface area (Å²) in [6.07, 6.45) is 5.99. The highest BCUT2D eigenvalue weighted by Crippen LogP contribution is 2.20. The summed E-state index contributed by atoms with van der Waals surface area (Å²) in [6.45, 7) is 0. The van der Waals surface area contributed by atoms with E-state index in [4.69, 9.17) is 16.8 Å². The molecule has 0 unspecified atom stereocenters. The van der Waals surface area contributed by atoms with Crippen molar-refractivity contribution in [2.24, 2.45) is 0 Å². The van der Waals surface area contributed by atoms with Crippen molar-refractivity contribution in [2.45, 2.75) is 4.90 Å². The highest BCUT2D eigenvalue weighted by Gasteiger charge is 2.19. The molecule has 1 rings (SSSR count). The van der Waals surface area contributed by atoms with Gasteiger partial charge in [-0.1, -0.05) is 5.92 Å². The molecule has 5 nitrogen and oxygen atoms in total. The third-order valence-corrected chi connectivity index (χ3v) is 3.16. The van der Waals surface area contributed by atoms with Crippen LogP contribution >= 0.6 is 0 Å². The molecule has 0 radical (unpaired) electrons. The number of hydrogen-bond acceptors (Lipinski definition) is 4. The van der Waals surface area contributed by atoms with E-state index in [0.717, 1.165) is 18.4 Å². The molecular formula is C11H7NO4S. The molecule has 0 heterocycles. The molecule has 0 aromatic heterocycles. The highest BCUT2D eigenvalue weighted by atomic mass is 32.2. The van der Waals surface area contributed by atoms with Gasteiger partial charge in [0.15, 0.2) is 9.84 Å². The number of carboxylic acid groups (broad SMARTS) is 1. The third-order valence-electron chi connectivity index (χ3n) is 2.03. The number of nitriles is 1. The van der Waals surface area contributed by atoms with Crippen molar-refractivity contribution in [3.05, 3.63) is 28.8 Å². The monoisotopic (exact) mass is 249 g/mol. The quantitative estimate of drug-likeness (QED) is 0.776. The zero-order chi connectivity index (χ0) is 13.2. The van der Waals surface area contributed by atoms with Crippen LogP contribution in [0.2, 0.25) is 0 Å². The standard InChI is InChI=1S/C11H7NO4S/c1-3-7-4-8(6-12)10(17(2,15)16)5-9(7)11(13)14/h1,4-5H,2H3,(H,13,14). The summed E-state index contributed by atoms with van der Waals surface area (Å²) in [5.74, 6) is 0.763. The Balaban J connectivity index is 3.78. The van der Waals surface area contributed by atoms with Gasteiger partial charge in [0.2, 0.25) is 0 Å². The molecule has 0 bridgehead atoms. The van der Waals surface area contributed by atoms with E-state index >= 15 is 0 Å². The number of rotatable bonds is 2. The number of carboxylic acids is 1. The molecule has 17 heavy (non-hydrogen) atoms. The van der Waals surface area contributed by atoms with Gasteiger partial charge in [-0.3, -0.25) is 0 Å². The summed E-state index contributed by atoms with van der Waals surface area (Å²) in [4.78, 5) is 10.5. The van der Waals surface area contributed by atoms with Crippen molar-refractivity contribution in [3.8, 4) is 18.4 Å². The molecule has 0 saturated heterocycles. The van der Waals surface area contributed by atoms with Crippen LogP contribution in [-0.4, -0.2) is 25.7 Å². The zero-order valence-corrected chi connectivity index (χ0v) is 9.58. The van der Waals surface area contributed by atoms with E-state index in [-0.39, 0.29) is 21.6 Å². The Labute approximate surface area is 98.2 Å². The van der Waals surface area contributed by atoms with Crippen molar-refractivity contribution in [1.29, 1.82) is 5.26 Å². The molecule has 1 N–H and O–H groups in total. The van der Waals surface area contributed by atoms with Crippen LogP contribution in [-0.2, 0) is 9.84 Å². The first kappa shape index (κ1) is 12.8. The normalized spacial score (nSPS) is 10.3. The van der Waals surface area contributed by atoms with Crippen LogP contribution in [0.15, 0.2) is 17.0 Å². The van der Waals surface area contributed by atoms with Crippen LogP contribution in [0.1, 0.15) is 21.5 Å². The number of hydrogen-bond donors (Lipinski definition) is 1. The first-order chi connectivity index (χ1) is 7.81. The highest BCUT2D eigenvalue weighted by molar-refractivity contribution is 7.90. The summed E-state index contributed by atoms with van der Waals surface area (Å²) in [5, 5.41) is 17.7. The van der Waals surface area contributed by atoms with Gasteiger partial charge in [-0.2, -0.15) is 5.26 Å². The molecule has 0 aliphatic heterocycles. The van der Waals surface area contributed by atoms with Gasteiger partial charge in [-0.15, -0.1) is 6.42 Å². The first-order valence-electron chi connectivity index (χ1n) is 4.29. The van der Waals surface area contributed by atoms with E-state index in [1.807, 2.05) is 0 Å². The lowest BCUT2D eigenvalue weighted by atomic mass is 10.0. The minimum absolute atomic E-state index is 0.0264. The average molecular weight is 249 g/mol. The second-order valence-electron chi connectivity index (χ2n) is 3.23. The van der Waals surface area contributed by atoms with Gasteiger partial charge in [-0.05, 0) is 12.1 Å². The molecule has 0 aliphatic rings. The lowest BCUT2D eigenvalue weighted by Crippen LogP contribution is -2.07. The van der Waals surface area contributed by atoms with Gasteiger partial charge in [0.05, 0.1) is 16.0 Å². The minimum atomic E-state index is -3.68. The number of sulfone groups is 1. The fourth-order valence-corrected chi connectivity index (χ4v) is 2.11.